The van der Waals surface area contributed by atoms with E-state index in [0.29, 0.717) is 33.8 Å². The molecule has 0 saturated carbocycles. The van der Waals surface area contributed by atoms with E-state index < -0.39 is 73.9 Å². The zero-order chi connectivity index (χ0) is 63.3. The first-order valence-corrected chi connectivity index (χ1v) is 28.9. The summed E-state index contributed by atoms with van der Waals surface area (Å²) in [5, 5.41) is 6.51. The second-order valence-electron chi connectivity index (χ2n) is 22.3. The molecule has 5 nitrogen and oxygen atoms in total. The number of rotatable bonds is 11. The van der Waals surface area contributed by atoms with Crippen molar-refractivity contribution in [2.45, 2.75) is 52.4 Å². The molecule has 388 valence electrons. The molecule has 0 aliphatic heterocycles. The van der Waals surface area contributed by atoms with Crippen molar-refractivity contribution in [1.29, 1.82) is 0 Å². The van der Waals surface area contributed by atoms with Crippen molar-refractivity contribution in [3.63, 3.8) is 0 Å². The largest absolute Gasteiger partial charge is 0.458 e. The third-order valence-electron chi connectivity index (χ3n) is 15.2. The molecule has 0 saturated heterocycles. The van der Waals surface area contributed by atoms with E-state index in [-0.39, 0.29) is 33.4 Å². The Balaban J connectivity index is 1.12. The van der Waals surface area contributed by atoms with Crippen molar-refractivity contribution >= 4 is 61.7 Å². The summed E-state index contributed by atoms with van der Waals surface area (Å²) < 4.78 is 105. The molecule has 0 amide bonds. The predicted molar refractivity (Wildman–Crippen MR) is 334 cm³/mol. The van der Waals surface area contributed by atoms with Gasteiger partial charge in [0.15, 0.2) is 8.07 Å². The maximum Gasteiger partial charge on any atom is 0.269 e. The van der Waals surface area contributed by atoms with Gasteiger partial charge in [-0.15, -0.1) is 0 Å². The van der Waals surface area contributed by atoms with Gasteiger partial charge in [0.2, 0.25) is 0 Å². The molecule has 0 spiro atoms. The Hall–Kier alpha value is -9.36. The topological polar surface area (TPSA) is 35.9 Å². The monoisotopic (exact) mass is 1060 g/mol. The third-order valence-corrected chi connectivity index (χ3v) is 20.0. The minimum absolute atomic E-state index is 0.119. The van der Waals surface area contributed by atoms with Crippen molar-refractivity contribution in [2.75, 3.05) is 0 Å². The van der Waals surface area contributed by atoms with E-state index in [1.54, 1.807) is 16.7 Å². The molecule has 13 aromatic rings. The number of hydrogen-bond donors (Lipinski definition) is 0. The highest BCUT2D eigenvalue weighted by Crippen LogP contribution is 2.40. The van der Waals surface area contributed by atoms with Gasteiger partial charge in [-0.05, 0) is 113 Å². The van der Waals surface area contributed by atoms with Crippen LogP contribution in [0.25, 0.3) is 72.3 Å². The fourth-order valence-corrected chi connectivity index (χ4v) is 16.1. The second kappa shape index (κ2) is 20.1. The molecule has 3 heterocycles. The van der Waals surface area contributed by atoms with E-state index in [1.807, 2.05) is 104 Å². The molecule has 10 aromatic carbocycles. The van der Waals surface area contributed by atoms with Crippen LogP contribution in [0.2, 0.25) is 0 Å². The van der Waals surface area contributed by atoms with Crippen molar-refractivity contribution < 1.29 is 23.0 Å². The molecule has 3 aromatic heterocycles. The SMILES string of the molecule is [2H]c1c([2H])c([2H])c(-c2cc(C(C)(C)C)cc(-c3c([2H])c([2H])c([2H])c([2H])c3[2H])c2-[n+]2[c-]n(-c3cccc(Oc4ccc5c6ccccc6n(-c6cc(C(C)(C)C)ccn6)c5c4)c3)c3cc([Si](c4ccccc4)(c4ccccc4)c4ccccc4)ccc32)c([2H])c1[2H]. The predicted octanol–water partition coefficient (Wildman–Crippen LogP) is 15.3. The van der Waals surface area contributed by atoms with Crippen molar-refractivity contribution in [3.05, 3.63) is 284 Å². The van der Waals surface area contributed by atoms with Gasteiger partial charge in [0.05, 0.1) is 47.1 Å². The zero-order valence-electron chi connectivity index (χ0n) is 55.3. The molecule has 0 atom stereocenters. The summed E-state index contributed by atoms with van der Waals surface area (Å²) in [5.74, 6) is 1.85. The Morgan fingerprint density at radius 3 is 1.64 bits per heavy atom. The number of benzene rings is 10. The lowest BCUT2D eigenvalue weighted by Crippen LogP contribution is -2.74. The molecule has 80 heavy (non-hydrogen) atoms. The minimum atomic E-state index is -3.26. The number of aromatic nitrogens is 4. The van der Waals surface area contributed by atoms with E-state index in [1.165, 1.54) is 0 Å². The summed E-state index contributed by atoms with van der Waals surface area (Å²) in [6.07, 6.45) is 5.56. The number of para-hydroxylation sites is 1. The standard InChI is InChI=1S/C74H62N4OSi/c1-73(2,3)54-43-44-75-71(47-54)78-67-38-23-22-37-63(67)64-41-39-58(49-69(64)78)79-57-30-24-29-56(48-57)76-51-77(72-65(52-25-12-7-13-26-52)45-55(74(4,5)6)46-66(72)53-27-14-8-15-28-53)68-42-40-62(50-70(68)76)80(59-31-16-9-17-32-59,60-33-18-10-19-34-60)61-35-20-11-21-36-61/h7-50H,1-6H3/i7D,8D,12D,13D,14D,15D,25D,26D,27D,28D. The first kappa shape index (κ1) is 39.9. The van der Waals surface area contributed by atoms with E-state index in [9.17, 15) is 5.48 Å². The number of imidazole rings is 1. The molecule has 0 bridgehead atoms. The van der Waals surface area contributed by atoms with E-state index in [2.05, 4.69) is 147 Å². The number of hydrogen-bond acceptors (Lipinski definition) is 2. The van der Waals surface area contributed by atoms with Gasteiger partial charge in [-0.3, -0.25) is 13.7 Å². The van der Waals surface area contributed by atoms with Crippen LogP contribution in [0.4, 0.5) is 0 Å². The van der Waals surface area contributed by atoms with Crippen LogP contribution < -0.4 is 30.1 Å². The van der Waals surface area contributed by atoms with E-state index >= 15 is 0 Å². The highest BCUT2D eigenvalue weighted by molar-refractivity contribution is 7.20. The van der Waals surface area contributed by atoms with Crippen LogP contribution in [-0.4, -0.2) is 22.2 Å². The first-order chi connectivity index (χ1) is 43.1. The van der Waals surface area contributed by atoms with Crippen molar-refractivity contribution in [1.82, 2.24) is 14.1 Å². The average Bonchev–Trinajstić information content (AvgIpc) is 1.27. The van der Waals surface area contributed by atoms with Gasteiger partial charge in [-0.25, -0.2) is 4.98 Å². The summed E-state index contributed by atoms with van der Waals surface area (Å²) in [6.45, 7) is 12.5. The molecule has 0 aliphatic rings. The number of pyridine rings is 1. The number of fused-ring (bicyclic) bond motifs is 4. The maximum absolute atomic E-state index is 9.56. The Morgan fingerprint density at radius 2 is 1.04 bits per heavy atom. The van der Waals surface area contributed by atoms with Crippen LogP contribution in [0.15, 0.2) is 267 Å². The van der Waals surface area contributed by atoms with Crippen LogP contribution in [0.1, 0.15) is 66.4 Å². The number of nitrogens with zero attached hydrogens (tertiary/aromatic N) is 4. The molecular formula is C74H62N4OSi. The van der Waals surface area contributed by atoms with Crippen molar-refractivity contribution in [2.24, 2.45) is 0 Å². The molecule has 0 aliphatic carbocycles. The fraction of sp³-hybridized carbons (Fsp3) is 0.108. The van der Waals surface area contributed by atoms with Gasteiger partial charge >= 0.3 is 0 Å². The number of ether oxygens (including phenoxy) is 1. The third kappa shape index (κ3) is 8.92. The molecule has 6 heteroatoms. The smallest absolute Gasteiger partial charge is 0.269 e. The van der Waals surface area contributed by atoms with Crippen molar-refractivity contribution in [3.8, 4) is 50.9 Å². The van der Waals surface area contributed by atoms with Crippen LogP contribution in [-0.2, 0) is 10.8 Å². The zero-order valence-corrected chi connectivity index (χ0v) is 46.3. The Morgan fingerprint density at radius 1 is 0.475 bits per heavy atom. The molecule has 0 N–H and O–H groups in total. The summed E-state index contributed by atoms with van der Waals surface area (Å²) in [7, 11) is -3.26. The lowest BCUT2D eigenvalue weighted by molar-refractivity contribution is -0.571. The summed E-state index contributed by atoms with van der Waals surface area (Å²) in [6, 6.07) is 62.4. The molecule has 0 unspecified atom stereocenters. The van der Waals surface area contributed by atoms with Crippen LogP contribution >= 0.6 is 0 Å². The average molecular weight is 1060 g/mol. The van der Waals surface area contributed by atoms with Crippen LogP contribution in [0.5, 0.6) is 11.5 Å². The van der Waals surface area contributed by atoms with Gasteiger partial charge in [-0.1, -0.05) is 248 Å². The molecule has 0 fully saturated rings. The lowest BCUT2D eigenvalue weighted by atomic mass is 9.82. The van der Waals surface area contributed by atoms with Gasteiger partial charge in [0.1, 0.15) is 17.3 Å². The lowest BCUT2D eigenvalue weighted by Gasteiger charge is -2.34. The molecule has 13 rings (SSSR count). The highest BCUT2D eigenvalue weighted by Gasteiger charge is 2.42. The van der Waals surface area contributed by atoms with Gasteiger partial charge < -0.3 is 4.74 Å². The van der Waals surface area contributed by atoms with Crippen LogP contribution in [0, 0.1) is 6.33 Å². The summed E-state index contributed by atoms with van der Waals surface area (Å²) in [4.78, 5) is 4.91. The first-order valence-electron chi connectivity index (χ1n) is 31.9. The Bertz CT molecular complexity index is 4770. The van der Waals surface area contributed by atoms with Gasteiger partial charge in [0.25, 0.3) is 6.33 Å². The fourth-order valence-electron chi connectivity index (χ4n) is 11.3. The summed E-state index contributed by atoms with van der Waals surface area (Å²) in [5.41, 5.74) is 4.89. The van der Waals surface area contributed by atoms with Crippen LogP contribution in [0.3, 0.4) is 0 Å². The van der Waals surface area contributed by atoms with E-state index in [0.717, 1.165) is 53.9 Å². The minimum Gasteiger partial charge on any atom is -0.458 e. The molecular weight excluding hydrogens is 989 g/mol. The second-order valence-corrected chi connectivity index (χ2v) is 26.1. The summed E-state index contributed by atoms with van der Waals surface area (Å²) >= 11 is 0. The maximum atomic E-state index is 9.56. The molecule has 0 radical (unpaired) electrons. The quantitative estimate of drug-likeness (QED) is 0.0560. The Kier molecular flexibility index (Phi) is 10.0. The van der Waals surface area contributed by atoms with Gasteiger partial charge in [-0.2, -0.15) is 0 Å². The van der Waals surface area contributed by atoms with E-state index in [4.69, 9.17) is 17.9 Å². The highest BCUT2D eigenvalue weighted by atomic mass is 28.3. The Labute approximate surface area is 484 Å². The normalized spacial score (nSPS) is 13.9. The van der Waals surface area contributed by atoms with Gasteiger partial charge in [0, 0.05) is 23.0 Å².